The highest BCUT2D eigenvalue weighted by Gasteiger charge is 2.31. The number of nitrogens with one attached hydrogen (secondary N) is 1. The van der Waals surface area contributed by atoms with E-state index in [9.17, 15) is 0 Å². The van der Waals surface area contributed by atoms with Crippen LogP contribution in [0.4, 0.5) is 0 Å². The van der Waals surface area contributed by atoms with Gasteiger partial charge in [-0.25, -0.2) is 0 Å². The lowest BCUT2D eigenvalue weighted by Crippen LogP contribution is -2.27. The molecule has 1 aliphatic carbocycles. The predicted octanol–water partition coefficient (Wildman–Crippen LogP) is 3.82. The second-order valence-corrected chi connectivity index (χ2v) is 6.17. The third-order valence-corrected chi connectivity index (χ3v) is 4.79. The molecule has 2 atom stereocenters. The number of hydrogen-bond acceptors (Lipinski definition) is 4. The Morgan fingerprint density at radius 2 is 2.05 bits per heavy atom. The lowest BCUT2D eigenvalue weighted by Gasteiger charge is -2.14. The van der Waals surface area contributed by atoms with Gasteiger partial charge >= 0.3 is 0 Å². The molecular formula is C15H17Cl2N3O. The minimum atomic E-state index is 0.304. The van der Waals surface area contributed by atoms with Crippen molar-refractivity contribution in [3.8, 4) is 0 Å². The molecule has 0 saturated heterocycles. The van der Waals surface area contributed by atoms with Gasteiger partial charge in [-0.1, -0.05) is 40.8 Å². The van der Waals surface area contributed by atoms with Crippen molar-refractivity contribution in [1.29, 1.82) is 0 Å². The molecule has 0 aliphatic heterocycles. The van der Waals surface area contributed by atoms with Gasteiger partial charge in [0.25, 0.3) is 0 Å². The van der Waals surface area contributed by atoms with Crippen LogP contribution in [0.5, 0.6) is 0 Å². The SMILES string of the molecule is CNC1CCCC1c1nc(Cc2c(Cl)cccc2Cl)no1. The zero-order chi connectivity index (χ0) is 14.8. The highest BCUT2D eigenvalue weighted by Crippen LogP contribution is 2.34. The van der Waals surface area contributed by atoms with E-state index in [1.54, 1.807) is 0 Å². The van der Waals surface area contributed by atoms with Crippen LogP contribution in [-0.2, 0) is 6.42 Å². The van der Waals surface area contributed by atoms with Gasteiger partial charge in [-0.15, -0.1) is 0 Å². The normalized spacial score (nSPS) is 21.9. The molecule has 0 amide bonds. The van der Waals surface area contributed by atoms with E-state index in [0.717, 1.165) is 18.4 Å². The van der Waals surface area contributed by atoms with Gasteiger partial charge in [0, 0.05) is 22.5 Å². The van der Waals surface area contributed by atoms with Gasteiger partial charge < -0.3 is 9.84 Å². The molecule has 1 aromatic heterocycles. The van der Waals surface area contributed by atoms with E-state index in [1.807, 2.05) is 25.2 Å². The standard InChI is InChI=1S/C15H17Cl2N3O/c1-18-13-7-2-4-9(13)15-19-14(20-21-15)8-10-11(16)5-3-6-12(10)17/h3,5-6,9,13,18H,2,4,7-8H2,1H3. The molecule has 0 spiro atoms. The molecule has 1 N–H and O–H groups in total. The quantitative estimate of drug-likeness (QED) is 0.928. The zero-order valence-electron chi connectivity index (χ0n) is 11.8. The van der Waals surface area contributed by atoms with Gasteiger partial charge in [-0.2, -0.15) is 4.98 Å². The number of likely N-dealkylation sites (N-methyl/N-ethyl adjacent to an activating group) is 1. The second kappa shape index (κ2) is 6.34. The van der Waals surface area contributed by atoms with Gasteiger partial charge in [0.15, 0.2) is 5.82 Å². The average molecular weight is 326 g/mol. The van der Waals surface area contributed by atoms with Crippen LogP contribution < -0.4 is 5.32 Å². The van der Waals surface area contributed by atoms with E-state index >= 15 is 0 Å². The van der Waals surface area contributed by atoms with E-state index in [4.69, 9.17) is 27.7 Å². The van der Waals surface area contributed by atoms with Crippen LogP contribution in [0.1, 0.15) is 42.5 Å². The van der Waals surface area contributed by atoms with Crippen molar-refractivity contribution in [2.45, 2.75) is 37.6 Å². The van der Waals surface area contributed by atoms with Crippen molar-refractivity contribution in [1.82, 2.24) is 15.5 Å². The van der Waals surface area contributed by atoms with Crippen LogP contribution in [0.15, 0.2) is 22.7 Å². The van der Waals surface area contributed by atoms with Crippen molar-refractivity contribution in [2.75, 3.05) is 7.05 Å². The fourth-order valence-corrected chi connectivity index (χ4v) is 3.48. The first-order valence-corrected chi connectivity index (χ1v) is 7.87. The van der Waals surface area contributed by atoms with Gasteiger partial charge in [0.05, 0.1) is 5.92 Å². The molecule has 0 radical (unpaired) electrons. The maximum Gasteiger partial charge on any atom is 0.231 e. The number of aromatic nitrogens is 2. The van der Waals surface area contributed by atoms with Gasteiger partial charge in [0.2, 0.25) is 5.89 Å². The van der Waals surface area contributed by atoms with Crippen molar-refractivity contribution in [2.24, 2.45) is 0 Å². The lowest BCUT2D eigenvalue weighted by atomic mass is 10.0. The minimum absolute atomic E-state index is 0.304. The molecule has 1 aromatic carbocycles. The Bertz CT molecular complexity index is 609. The van der Waals surface area contributed by atoms with Crippen molar-refractivity contribution < 1.29 is 4.52 Å². The Morgan fingerprint density at radius 1 is 1.29 bits per heavy atom. The largest absolute Gasteiger partial charge is 0.339 e. The molecule has 0 bridgehead atoms. The Labute approximate surface area is 133 Å². The van der Waals surface area contributed by atoms with Crippen LogP contribution in [0.25, 0.3) is 0 Å². The maximum absolute atomic E-state index is 6.18. The third-order valence-electron chi connectivity index (χ3n) is 4.08. The molecule has 1 fully saturated rings. The summed E-state index contributed by atoms with van der Waals surface area (Å²) < 4.78 is 5.45. The van der Waals surface area contributed by atoms with Crippen molar-refractivity contribution in [3.05, 3.63) is 45.5 Å². The minimum Gasteiger partial charge on any atom is -0.339 e. The number of benzene rings is 1. The fourth-order valence-electron chi connectivity index (χ4n) is 2.95. The molecule has 2 unspecified atom stereocenters. The van der Waals surface area contributed by atoms with E-state index in [1.165, 1.54) is 6.42 Å². The summed E-state index contributed by atoms with van der Waals surface area (Å²) in [6, 6.07) is 5.88. The Morgan fingerprint density at radius 3 is 2.76 bits per heavy atom. The Balaban J connectivity index is 1.79. The second-order valence-electron chi connectivity index (χ2n) is 5.36. The van der Waals surface area contributed by atoms with Crippen molar-refractivity contribution >= 4 is 23.2 Å². The zero-order valence-corrected chi connectivity index (χ0v) is 13.3. The summed E-state index contributed by atoms with van der Waals surface area (Å²) in [5.74, 6) is 1.64. The van der Waals surface area contributed by atoms with E-state index in [-0.39, 0.29) is 0 Å². The van der Waals surface area contributed by atoms with Crippen LogP contribution in [0.2, 0.25) is 10.0 Å². The molecule has 21 heavy (non-hydrogen) atoms. The molecule has 6 heteroatoms. The molecule has 1 saturated carbocycles. The van der Waals surface area contributed by atoms with Crippen LogP contribution in [0, 0.1) is 0 Å². The van der Waals surface area contributed by atoms with Gasteiger partial charge in [-0.3, -0.25) is 0 Å². The van der Waals surface area contributed by atoms with E-state index in [0.29, 0.717) is 40.1 Å². The predicted molar refractivity (Wildman–Crippen MR) is 83.0 cm³/mol. The highest BCUT2D eigenvalue weighted by molar-refractivity contribution is 6.36. The summed E-state index contributed by atoms with van der Waals surface area (Å²) >= 11 is 12.4. The smallest absolute Gasteiger partial charge is 0.231 e. The van der Waals surface area contributed by atoms with E-state index < -0.39 is 0 Å². The maximum atomic E-state index is 6.18. The Kier molecular flexibility index (Phi) is 4.48. The van der Waals surface area contributed by atoms with Gasteiger partial charge in [-0.05, 0) is 37.6 Å². The van der Waals surface area contributed by atoms with Crippen LogP contribution in [-0.4, -0.2) is 23.2 Å². The first-order chi connectivity index (χ1) is 10.2. The molecule has 2 aromatic rings. The average Bonchev–Trinajstić information content (AvgIpc) is 3.11. The van der Waals surface area contributed by atoms with E-state index in [2.05, 4.69) is 15.5 Å². The first kappa shape index (κ1) is 14.8. The molecular weight excluding hydrogens is 309 g/mol. The fraction of sp³-hybridized carbons (Fsp3) is 0.467. The third kappa shape index (κ3) is 3.07. The summed E-state index contributed by atoms with van der Waals surface area (Å²) in [7, 11) is 1.98. The Hall–Kier alpha value is -1.10. The highest BCUT2D eigenvalue weighted by atomic mass is 35.5. The summed E-state index contributed by atoms with van der Waals surface area (Å²) in [5.41, 5.74) is 0.838. The number of rotatable bonds is 4. The monoisotopic (exact) mass is 325 g/mol. The molecule has 1 aliphatic rings. The molecule has 1 heterocycles. The topological polar surface area (TPSA) is 51.0 Å². The molecule has 112 valence electrons. The van der Waals surface area contributed by atoms with Crippen LogP contribution >= 0.6 is 23.2 Å². The first-order valence-electron chi connectivity index (χ1n) is 7.11. The van der Waals surface area contributed by atoms with Crippen LogP contribution in [0.3, 0.4) is 0 Å². The summed E-state index contributed by atoms with van der Waals surface area (Å²) in [6.07, 6.45) is 3.90. The number of hydrogen-bond donors (Lipinski definition) is 1. The summed E-state index contributed by atoms with van der Waals surface area (Å²) in [4.78, 5) is 4.53. The molecule has 4 nitrogen and oxygen atoms in total. The number of halogens is 2. The summed E-state index contributed by atoms with van der Waals surface area (Å²) in [5, 5.41) is 8.65. The lowest BCUT2D eigenvalue weighted by molar-refractivity contribution is 0.332. The number of nitrogens with zero attached hydrogens (tertiary/aromatic N) is 2. The van der Waals surface area contributed by atoms with Gasteiger partial charge in [0.1, 0.15) is 0 Å². The summed E-state index contributed by atoms with van der Waals surface area (Å²) in [6.45, 7) is 0. The van der Waals surface area contributed by atoms with Crippen molar-refractivity contribution in [3.63, 3.8) is 0 Å². The molecule has 3 rings (SSSR count).